The zero-order valence-corrected chi connectivity index (χ0v) is 20.4. The first-order chi connectivity index (χ1) is 16.7. The molecule has 182 valence electrons. The van der Waals surface area contributed by atoms with E-state index in [1.807, 2.05) is 6.07 Å². The number of aromatic nitrogens is 4. The van der Waals surface area contributed by atoms with Crippen LogP contribution in [0.1, 0.15) is 29.9 Å². The van der Waals surface area contributed by atoms with Crippen LogP contribution >= 0.6 is 0 Å². The molecule has 35 heavy (non-hydrogen) atoms. The van der Waals surface area contributed by atoms with Gasteiger partial charge in [0.2, 0.25) is 0 Å². The lowest BCUT2D eigenvalue weighted by atomic mass is 10.0. The van der Waals surface area contributed by atoms with E-state index in [2.05, 4.69) is 51.0 Å². The van der Waals surface area contributed by atoms with E-state index in [9.17, 15) is 9.18 Å². The van der Waals surface area contributed by atoms with E-state index in [1.54, 1.807) is 36.0 Å². The number of rotatable bonds is 4. The topological polar surface area (TPSA) is 87.9 Å². The second-order valence-corrected chi connectivity index (χ2v) is 9.16. The van der Waals surface area contributed by atoms with E-state index in [0.29, 0.717) is 34.5 Å². The second-order valence-electron chi connectivity index (χ2n) is 9.16. The number of piperazine rings is 1. The van der Waals surface area contributed by atoms with Gasteiger partial charge in [-0.2, -0.15) is 4.98 Å². The number of carbonyl (C=O) groups excluding carboxylic acids is 1. The molecule has 0 bridgehead atoms. The SMILES string of the molecule is COc1ncc2c(N3C[C@@H](C)N(C)[C@H](C)C3)ccc(C(=O)Nc3cc(F)c4nc(C)cn4c3)c2n1. The standard InChI is InChI=1S/C25H28FN7O2/c1-14-10-33-13-17(8-20(26)23(33)28-14)29-24(34)18-6-7-21(19-9-27-25(35-5)30-22(18)19)32-11-15(2)31(4)16(3)12-32/h6-10,13,15-16H,11-12H2,1-5H3,(H,29,34)/t15-,16-/m1/s1. The minimum absolute atomic E-state index is 0.171. The Kier molecular flexibility index (Phi) is 5.76. The van der Waals surface area contributed by atoms with Crippen LogP contribution in [0.25, 0.3) is 16.6 Å². The summed E-state index contributed by atoms with van der Waals surface area (Å²) in [5, 5.41) is 3.56. The van der Waals surface area contributed by atoms with Crippen LogP contribution in [0.2, 0.25) is 0 Å². The molecule has 9 nitrogen and oxygen atoms in total. The monoisotopic (exact) mass is 477 g/mol. The number of imidazole rings is 1. The molecule has 1 aliphatic heterocycles. The quantitative estimate of drug-likeness (QED) is 0.481. The summed E-state index contributed by atoms with van der Waals surface area (Å²) in [6.45, 7) is 7.87. The van der Waals surface area contributed by atoms with E-state index in [4.69, 9.17) is 4.74 Å². The normalized spacial score (nSPS) is 18.9. The van der Waals surface area contributed by atoms with Crippen LogP contribution in [-0.2, 0) is 0 Å². The number of methoxy groups -OCH3 is 1. The predicted molar refractivity (Wildman–Crippen MR) is 133 cm³/mol. The number of aryl methyl sites for hydroxylation is 1. The smallest absolute Gasteiger partial charge is 0.316 e. The van der Waals surface area contributed by atoms with Gasteiger partial charge in [0.25, 0.3) is 5.91 Å². The molecule has 1 fully saturated rings. The van der Waals surface area contributed by atoms with Crippen molar-refractivity contribution in [1.29, 1.82) is 0 Å². The molecule has 0 spiro atoms. The number of hydrogen-bond donors (Lipinski definition) is 1. The predicted octanol–water partition coefficient (Wildman–Crippen LogP) is 3.51. The highest BCUT2D eigenvalue weighted by Crippen LogP contribution is 2.32. The van der Waals surface area contributed by atoms with Crippen LogP contribution in [0, 0.1) is 12.7 Å². The van der Waals surface area contributed by atoms with Crippen molar-refractivity contribution in [3.63, 3.8) is 0 Å². The number of carbonyl (C=O) groups is 1. The minimum atomic E-state index is -0.515. The lowest BCUT2D eigenvalue weighted by Crippen LogP contribution is -2.55. The maximum absolute atomic E-state index is 14.5. The van der Waals surface area contributed by atoms with Crippen LogP contribution < -0.4 is 15.0 Å². The molecule has 0 unspecified atom stereocenters. The van der Waals surface area contributed by atoms with Crippen LogP contribution in [0.4, 0.5) is 15.8 Å². The molecular weight excluding hydrogens is 449 g/mol. The lowest BCUT2D eigenvalue weighted by molar-refractivity contribution is 0.102. The summed E-state index contributed by atoms with van der Waals surface area (Å²) in [5.41, 5.74) is 3.01. The highest BCUT2D eigenvalue weighted by atomic mass is 19.1. The molecule has 10 heteroatoms. The third kappa shape index (κ3) is 4.14. The zero-order chi connectivity index (χ0) is 24.9. The fourth-order valence-corrected chi connectivity index (χ4v) is 4.69. The average molecular weight is 478 g/mol. The minimum Gasteiger partial charge on any atom is -0.467 e. The number of benzene rings is 1. The molecule has 4 heterocycles. The van der Waals surface area contributed by atoms with Gasteiger partial charge >= 0.3 is 6.01 Å². The van der Waals surface area contributed by atoms with E-state index in [0.717, 1.165) is 24.2 Å². The van der Waals surface area contributed by atoms with Crippen molar-refractivity contribution < 1.29 is 13.9 Å². The van der Waals surface area contributed by atoms with Crippen LogP contribution in [0.5, 0.6) is 6.01 Å². The van der Waals surface area contributed by atoms with Crippen molar-refractivity contribution in [3.05, 3.63) is 53.9 Å². The highest BCUT2D eigenvalue weighted by Gasteiger charge is 2.28. The number of halogens is 1. The van der Waals surface area contributed by atoms with Gasteiger partial charge in [-0.3, -0.25) is 9.69 Å². The Bertz CT molecular complexity index is 1420. The second kappa shape index (κ2) is 8.77. The van der Waals surface area contributed by atoms with Gasteiger partial charge < -0.3 is 19.4 Å². The molecule has 1 saturated heterocycles. The van der Waals surface area contributed by atoms with Gasteiger partial charge in [0.1, 0.15) is 0 Å². The van der Waals surface area contributed by atoms with Crippen LogP contribution in [-0.4, -0.2) is 69.5 Å². The third-order valence-electron chi connectivity index (χ3n) is 6.72. The van der Waals surface area contributed by atoms with Gasteiger partial charge in [-0.1, -0.05) is 0 Å². The molecule has 5 rings (SSSR count). The van der Waals surface area contributed by atoms with Crippen molar-refractivity contribution in [2.24, 2.45) is 0 Å². The summed E-state index contributed by atoms with van der Waals surface area (Å²) in [6.07, 6.45) is 5.03. The number of hydrogen-bond acceptors (Lipinski definition) is 7. The number of anilines is 2. The number of nitrogens with zero attached hydrogens (tertiary/aromatic N) is 6. The van der Waals surface area contributed by atoms with Crippen molar-refractivity contribution in [3.8, 4) is 6.01 Å². The van der Waals surface area contributed by atoms with Gasteiger partial charge in [0.15, 0.2) is 11.5 Å². The molecule has 1 N–H and O–H groups in total. The summed E-state index contributed by atoms with van der Waals surface area (Å²) in [5.74, 6) is -0.920. The van der Waals surface area contributed by atoms with Crippen molar-refractivity contribution in [1.82, 2.24) is 24.3 Å². The first-order valence-corrected chi connectivity index (χ1v) is 11.5. The first-order valence-electron chi connectivity index (χ1n) is 11.5. The van der Waals surface area contributed by atoms with Crippen LogP contribution in [0.15, 0.2) is 36.8 Å². The Morgan fingerprint density at radius 2 is 1.91 bits per heavy atom. The molecule has 1 amide bonds. The van der Waals surface area contributed by atoms with Gasteiger partial charge in [-0.15, -0.1) is 0 Å². The summed E-state index contributed by atoms with van der Waals surface area (Å²) in [7, 11) is 3.62. The number of likely N-dealkylation sites (N-methyl/N-ethyl adjacent to an activating group) is 1. The molecule has 4 aromatic rings. The molecule has 1 aliphatic rings. The molecular formula is C25H28FN7O2. The van der Waals surface area contributed by atoms with Gasteiger partial charge in [-0.25, -0.2) is 14.4 Å². The Balaban J connectivity index is 1.54. The fraction of sp³-hybridized carbons (Fsp3) is 0.360. The Labute approximate surface area is 202 Å². The zero-order valence-electron chi connectivity index (χ0n) is 20.4. The molecule has 3 aromatic heterocycles. The van der Waals surface area contributed by atoms with E-state index >= 15 is 0 Å². The fourth-order valence-electron chi connectivity index (χ4n) is 4.69. The van der Waals surface area contributed by atoms with Gasteiger partial charge in [0.05, 0.1) is 29.6 Å². The van der Waals surface area contributed by atoms with Gasteiger partial charge in [0, 0.05) is 60.9 Å². The number of pyridine rings is 1. The molecule has 0 aliphatic carbocycles. The van der Waals surface area contributed by atoms with Crippen molar-refractivity contribution >= 4 is 33.8 Å². The molecule has 0 radical (unpaired) electrons. The Morgan fingerprint density at radius 1 is 1.17 bits per heavy atom. The number of amides is 1. The summed E-state index contributed by atoms with van der Waals surface area (Å²) < 4.78 is 21.3. The van der Waals surface area contributed by atoms with Crippen molar-refractivity contribution in [2.75, 3.05) is 37.5 Å². The number of ether oxygens (including phenoxy) is 1. The maximum Gasteiger partial charge on any atom is 0.316 e. The summed E-state index contributed by atoms with van der Waals surface area (Å²) in [4.78, 5) is 31.0. The van der Waals surface area contributed by atoms with Crippen molar-refractivity contribution in [2.45, 2.75) is 32.9 Å². The third-order valence-corrected chi connectivity index (χ3v) is 6.72. The lowest BCUT2D eigenvalue weighted by Gasteiger charge is -2.43. The van der Waals surface area contributed by atoms with E-state index in [1.165, 1.54) is 13.2 Å². The summed E-state index contributed by atoms with van der Waals surface area (Å²) in [6, 6.07) is 5.86. The molecule has 2 atom stereocenters. The molecule has 0 saturated carbocycles. The highest BCUT2D eigenvalue weighted by molar-refractivity contribution is 6.13. The van der Waals surface area contributed by atoms with E-state index < -0.39 is 11.7 Å². The Hall–Kier alpha value is -3.79. The first kappa shape index (κ1) is 23.0. The van der Waals surface area contributed by atoms with Crippen LogP contribution in [0.3, 0.4) is 0 Å². The van der Waals surface area contributed by atoms with E-state index in [-0.39, 0.29) is 11.7 Å². The largest absolute Gasteiger partial charge is 0.467 e. The summed E-state index contributed by atoms with van der Waals surface area (Å²) >= 11 is 0. The number of fused-ring (bicyclic) bond motifs is 2. The number of nitrogens with one attached hydrogen (secondary N) is 1. The Morgan fingerprint density at radius 3 is 2.63 bits per heavy atom. The average Bonchev–Trinajstić information content (AvgIpc) is 3.21. The maximum atomic E-state index is 14.5. The molecule has 1 aromatic carbocycles. The van der Waals surface area contributed by atoms with Gasteiger partial charge in [-0.05, 0) is 40.0 Å².